The fraction of sp³-hybridized carbons (Fsp3) is 0.417. The highest BCUT2D eigenvalue weighted by atomic mass is 32.2. The van der Waals surface area contributed by atoms with Gasteiger partial charge in [-0.25, -0.2) is 4.98 Å². The van der Waals surface area contributed by atoms with E-state index in [1.165, 1.54) is 4.90 Å². The third-order valence-corrected chi connectivity index (χ3v) is 3.15. The van der Waals surface area contributed by atoms with Gasteiger partial charge in [-0.2, -0.15) is 0 Å². The van der Waals surface area contributed by atoms with E-state index in [1.807, 2.05) is 35.3 Å². The number of imidazole rings is 1. The van der Waals surface area contributed by atoms with E-state index in [4.69, 9.17) is 4.74 Å². The molecule has 86 valence electrons. The highest BCUT2D eigenvalue weighted by molar-refractivity contribution is 8.00. The highest BCUT2D eigenvalue weighted by Gasteiger charge is 2.09. The zero-order valence-corrected chi connectivity index (χ0v) is 10.6. The van der Waals surface area contributed by atoms with Crippen molar-refractivity contribution in [2.45, 2.75) is 30.9 Å². The quantitative estimate of drug-likeness (QED) is 0.762. The van der Waals surface area contributed by atoms with Crippen LogP contribution >= 0.6 is 11.8 Å². The third kappa shape index (κ3) is 2.32. The average molecular weight is 236 g/mol. The summed E-state index contributed by atoms with van der Waals surface area (Å²) in [6.45, 7) is 7.04. The summed E-state index contributed by atoms with van der Waals surface area (Å²) >= 11 is 1.81. The van der Waals surface area contributed by atoms with Crippen LogP contribution in [0.1, 0.15) is 20.8 Å². The SMILES string of the molecule is CCOc1cc2nccn2cc1SC(C)C. The van der Waals surface area contributed by atoms with E-state index in [0.29, 0.717) is 11.9 Å². The van der Waals surface area contributed by atoms with Crippen molar-refractivity contribution >= 4 is 17.4 Å². The minimum absolute atomic E-state index is 0.542. The van der Waals surface area contributed by atoms with E-state index < -0.39 is 0 Å². The van der Waals surface area contributed by atoms with Gasteiger partial charge in [0.25, 0.3) is 0 Å². The Hall–Kier alpha value is -1.16. The molecule has 2 aromatic heterocycles. The summed E-state index contributed by atoms with van der Waals surface area (Å²) < 4.78 is 7.66. The Morgan fingerprint density at radius 1 is 1.50 bits per heavy atom. The van der Waals surface area contributed by atoms with Gasteiger partial charge in [0.1, 0.15) is 11.4 Å². The number of pyridine rings is 1. The molecule has 0 atom stereocenters. The molecule has 0 amide bonds. The van der Waals surface area contributed by atoms with Crippen LogP contribution in [0, 0.1) is 0 Å². The summed E-state index contributed by atoms with van der Waals surface area (Å²) in [5.74, 6) is 0.930. The van der Waals surface area contributed by atoms with Gasteiger partial charge < -0.3 is 9.14 Å². The number of nitrogens with zero attached hydrogens (tertiary/aromatic N) is 2. The summed E-state index contributed by atoms with van der Waals surface area (Å²) in [6.07, 6.45) is 5.84. The van der Waals surface area contributed by atoms with Gasteiger partial charge in [-0.3, -0.25) is 0 Å². The number of hydrogen-bond donors (Lipinski definition) is 0. The minimum atomic E-state index is 0.542. The summed E-state index contributed by atoms with van der Waals surface area (Å²) in [5, 5.41) is 0.542. The lowest BCUT2D eigenvalue weighted by Crippen LogP contribution is -1.97. The zero-order chi connectivity index (χ0) is 11.5. The Kier molecular flexibility index (Phi) is 3.39. The molecule has 0 spiro atoms. The first-order valence-electron chi connectivity index (χ1n) is 5.47. The molecule has 0 N–H and O–H groups in total. The fourth-order valence-electron chi connectivity index (χ4n) is 1.53. The maximum atomic E-state index is 5.64. The van der Waals surface area contributed by atoms with Crippen LogP contribution in [0.25, 0.3) is 5.65 Å². The molecule has 16 heavy (non-hydrogen) atoms. The van der Waals surface area contributed by atoms with Crippen LogP contribution in [0.3, 0.4) is 0 Å². The summed E-state index contributed by atoms with van der Waals surface area (Å²) in [5.41, 5.74) is 0.927. The molecule has 0 aliphatic heterocycles. The lowest BCUT2D eigenvalue weighted by atomic mass is 10.4. The topological polar surface area (TPSA) is 26.5 Å². The molecule has 2 aromatic rings. The van der Waals surface area contributed by atoms with Crippen molar-refractivity contribution in [2.24, 2.45) is 0 Å². The second-order valence-electron chi connectivity index (χ2n) is 3.79. The van der Waals surface area contributed by atoms with E-state index in [0.717, 1.165) is 11.4 Å². The molecule has 0 aliphatic carbocycles. The van der Waals surface area contributed by atoms with Crippen molar-refractivity contribution in [3.63, 3.8) is 0 Å². The maximum absolute atomic E-state index is 5.64. The monoisotopic (exact) mass is 236 g/mol. The van der Waals surface area contributed by atoms with Gasteiger partial charge in [-0.15, -0.1) is 11.8 Å². The third-order valence-electron chi connectivity index (χ3n) is 2.12. The Bertz CT molecular complexity index is 479. The Balaban J connectivity index is 2.44. The molecule has 0 aliphatic rings. The van der Waals surface area contributed by atoms with Crippen LogP contribution in [0.2, 0.25) is 0 Å². The van der Waals surface area contributed by atoms with Gasteiger partial charge in [0.15, 0.2) is 0 Å². The predicted molar refractivity (Wildman–Crippen MR) is 67.4 cm³/mol. The van der Waals surface area contributed by atoms with Crippen molar-refractivity contribution in [2.75, 3.05) is 6.61 Å². The zero-order valence-electron chi connectivity index (χ0n) is 9.80. The molecule has 0 saturated heterocycles. The van der Waals surface area contributed by atoms with Crippen LogP contribution < -0.4 is 4.74 Å². The second-order valence-corrected chi connectivity index (χ2v) is 5.41. The maximum Gasteiger partial charge on any atom is 0.140 e. The van der Waals surface area contributed by atoms with Gasteiger partial charge in [0.2, 0.25) is 0 Å². The standard InChI is InChI=1S/C12H16N2OS/c1-4-15-10-7-12-13-5-6-14(12)8-11(10)16-9(2)3/h5-9H,4H2,1-3H3. The first kappa shape index (κ1) is 11.3. The average Bonchev–Trinajstić information content (AvgIpc) is 2.64. The van der Waals surface area contributed by atoms with Gasteiger partial charge in [-0.05, 0) is 6.92 Å². The fourth-order valence-corrected chi connectivity index (χ4v) is 2.45. The van der Waals surface area contributed by atoms with Crippen molar-refractivity contribution in [1.82, 2.24) is 9.38 Å². The largest absolute Gasteiger partial charge is 0.493 e. The number of ether oxygens (including phenoxy) is 1. The lowest BCUT2D eigenvalue weighted by Gasteiger charge is -2.12. The molecule has 0 saturated carbocycles. The van der Waals surface area contributed by atoms with Gasteiger partial charge in [0, 0.05) is 29.9 Å². The number of hydrogen-bond acceptors (Lipinski definition) is 3. The summed E-state index contributed by atoms with van der Waals surface area (Å²) in [4.78, 5) is 5.42. The van der Waals surface area contributed by atoms with E-state index in [-0.39, 0.29) is 0 Å². The van der Waals surface area contributed by atoms with E-state index in [9.17, 15) is 0 Å². The van der Waals surface area contributed by atoms with Crippen LogP contribution in [0.15, 0.2) is 29.6 Å². The van der Waals surface area contributed by atoms with Crippen molar-refractivity contribution in [3.05, 3.63) is 24.7 Å². The number of thioether (sulfide) groups is 1. The van der Waals surface area contributed by atoms with E-state index in [1.54, 1.807) is 6.20 Å². The molecule has 2 rings (SSSR count). The minimum Gasteiger partial charge on any atom is -0.493 e. The molecule has 0 bridgehead atoms. The molecular weight excluding hydrogens is 220 g/mol. The van der Waals surface area contributed by atoms with Crippen molar-refractivity contribution < 1.29 is 4.74 Å². The van der Waals surface area contributed by atoms with Gasteiger partial charge >= 0.3 is 0 Å². The normalized spacial score (nSPS) is 11.2. The highest BCUT2D eigenvalue weighted by Crippen LogP contribution is 2.32. The van der Waals surface area contributed by atoms with Crippen LogP contribution in [-0.2, 0) is 0 Å². The molecule has 0 radical (unpaired) electrons. The number of aromatic nitrogens is 2. The Labute approximate surface area is 99.8 Å². The molecule has 0 fully saturated rings. The number of fused-ring (bicyclic) bond motifs is 1. The lowest BCUT2D eigenvalue weighted by molar-refractivity contribution is 0.332. The van der Waals surface area contributed by atoms with E-state index in [2.05, 4.69) is 25.0 Å². The predicted octanol–water partition coefficient (Wildman–Crippen LogP) is 3.23. The first-order chi connectivity index (χ1) is 7.70. The Morgan fingerprint density at radius 2 is 2.31 bits per heavy atom. The van der Waals surface area contributed by atoms with Crippen molar-refractivity contribution in [1.29, 1.82) is 0 Å². The smallest absolute Gasteiger partial charge is 0.140 e. The van der Waals surface area contributed by atoms with Crippen LogP contribution in [-0.4, -0.2) is 21.2 Å². The molecule has 0 unspecified atom stereocenters. The molecule has 3 nitrogen and oxygen atoms in total. The van der Waals surface area contributed by atoms with Crippen LogP contribution in [0.4, 0.5) is 0 Å². The molecule has 4 heteroatoms. The van der Waals surface area contributed by atoms with Crippen LogP contribution in [0.5, 0.6) is 5.75 Å². The first-order valence-corrected chi connectivity index (χ1v) is 6.35. The molecule has 2 heterocycles. The van der Waals surface area contributed by atoms with Crippen molar-refractivity contribution in [3.8, 4) is 5.75 Å². The second kappa shape index (κ2) is 4.78. The van der Waals surface area contributed by atoms with E-state index >= 15 is 0 Å². The van der Waals surface area contributed by atoms with Gasteiger partial charge in [-0.1, -0.05) is 13.8 Å². The van der Waals surface area contributed by atoms with Gasteiger partial charge in [0.05, 0.1) is 11.5 Å². The Morgan fingerprint density at radius 3 is 3.00 bits per heavy atom. The summed E-state index contributed by atoms with van der Waals surface area (Å²) in [7, 11) is 0. The molecule has 0 aromatic carbocycles. The number of rotatable bonds is 4. The molecular formula is C12H16N2OS. The summed E-state index contributed by atoms with van der Waals surface area (Å²) in [6, 6.07) is 1.99.